The Balaban J connectivity index is 2.69. The Kier molecular flexibility index (Phi) is 6.21. The summed E-state index contributed by atoms with van der Waals surface area (Å²) in [7, 11) is 0. The van der Waals surface area contributed by atoms with Gasteiger partial charge in [0.1, 0.15) is 5.60 Å². The average Bonchev–Trinajstić information content (AvgIpc) is 2.34. The highest BCUT2D eigenvalue weighted by Crippen LogP contribution is 2.16. The molecular formula is C17H28N2O2. The molecule has 0 aliphatic heterocycles. The molecule has 4 heteroatoms. The molecule has 4 nitrogen and oxygen atoms in total. The summed E-state index contributed by atoms with van der Waals surface area (Å²) in [6, 6.07) is 8.00. The number of carbonyl (C=O) groups excluding carboxylic acids is 1. The Morgan fingerprint density at radius 1 is 1.24 bits per heavy atom. The highest BCUT2D eigenvalue weighted by Gasteiger charge is 2.19. The molecular weight excluding hydrogens is 264 g/mol. The topological polar surface area (TPSA) is 64.3 Å². The van der Waals surface area contributed by atoms with Crippen LogP contribution in [0.25, 0.3) is 0 Å². The van der Waals surface area contributed by atoms with E-state index in [2.05, 4.69) is 31.3 Å². The molecule has 0 saturated carbocycles. The number of nitrogens with two attached hydrogens (primary N) is 1. The van der Waals surface area contributed by atoms with Gasteiger partial charge < -0.3 is 15.8 Å². The Hall–Kier alpha value is -1.55. The molecule has 21 heavy (non-hydrogen) atoms. The van der Waals surface area contributed by atoms with Crippen molar-refractivity contribution in [2.24, 2.45) is 11.7 Å². The first-order chi connectivity index (χ1) is 9.71. The molecule has 0 heterocycles. The molecule has 1 amide bonds. The molecule has 1 atom stereocenters. The van der Waals surface area contributed by atoms with E-state index in [1.54, 1.807) is 0 Å². The summed E-state index contributed by atoms with van der Waals surface area (Å²) in [5.41, 5.74) is 7.55. The molecule has 1 aromatic carbocycles. The summed E-state index contributed by atoms with van der Waals surface area (Å²) in [6.45, 7) is 10.2. The zero-order valence-corrected chi connectivity index (χ0v) is 13.8. The summed E-state index contributed by atoms with van der Waals surface area (Å²) in [6.07, 6.45) is 0.608. The molecule has 118 valence electrons. The minimum absolute atomic E-state index is 0.229. The average molecular weight is 292 g/mol. The van der Waals surface area contributed by atoms with Gasteiger partial charge in [0.25, 0.3) is 0 Å². The van der Waals surface area contributed by atoms with Crippen LogP contribution in [-0.2, 0) is 11.2 Å². The monoisotopic (exact) mass is 292 g/mol. The van der Waals surface area contributed by atoms with Gasteiger partial charge in [0.15, 0.2) is 0 Å². The number of alkyl carbamates (subject to hydrolysis) is 1. The lowest BCUT2D eigenvalue weighted by Crippen LogP contribution is -2.37. The Labute approximate surface area is 128 Å². The molecule has 0 saturated heterocycles. The van der Waals surface area contributed by atoms with Crippen molar-refractivity contribution in [3.05, 3.63) is 35.4 Å². The Morgan fingerprint density at radius 3 is 2.24 bits per heavy atom. The van der Waals surface area contributed by atoms with Crippen LogP contribution in [0, 0.1) is 5.92 Å². The predicted octanol–water partition coefficient (Wildman–Crippen LogP) is 3.41. The summed E-state index contributed by atoms with van der Waals surface area (Å²) in [5.74, 6) is 0.626. The summed E-state index contributed by atoms with van der Waals surface area (Å²) in [4.78, 5) is 11.8. The van der Waals surface area contributed by atoms with Crippen LogP contribution < -0.4 is 11.1 Å². The minimum atomic E-state index is -0.510. The van der Waals surface area contributed by atoms with Crippen LogP contribution in [-0.4, -0.2) is 18.2 Å². The first-order valence-electron chi connectivity index (χ1n) is 7.49. The van der Waals surface area contributed by atoms with Crippen molar-refractivity contribution in [1.29, 1.82) is 0 Å². The molecule has 0 aliphatic carbocycles. The van der Waals surface area contributed by atoms with Crippen molar-refractivity contribution in [3.63, 3.8) is 0 Å². The van der Waals surface area contributed by atoms with E-state index in [9.17, 15) is 4.79 Å². The lowest BCUT2D eigenvalue weighted by molar-refractivity contribution is 0.0505. The van der Waals surface area contributed by atoms with Crippen LogP contribution in [0.5, 0.6) is 0 Å². The van der Waals surface area contributed by atoms with Crippen molar-refractivity contribution in [1.82, 2.24) is 5.32 Å². The quantitative estimate of drug-likeness (QED) is 0.874. The van der Waals surface area contributed by atoms with Crippen molar-refractivity contribution in [2.75, 3.05) is 6.54 Å². The summed E-state index contributed by atoms with van der Waals surface area (Å²) >= 11 is 0. The smallest absolute Gasteiger partial charge is 0.408 e. The fourth-order valence-electron chi connectivity index (χ4n) is 2.09. The lowest BCUT2D eigenvalue weighted by atomic mass is 9.99. The van der Waals surface area contributed by atoms with E-state index in [-0.39, 0.29) is 6.04 Å². The van der Waals surface area contributed by atoms with E-state index in [0.29, 0.717) is 12.5 Å². The van der Waals surface area contributed by atoms with Gasteiger partial charge in [-0.05, 0) is 44.2 Å². The number of amides is 1. The standard InChI is InChI=1S/C17H28N2O2/c1-12(2)10-13-6-8-14(9-7-13)15(11-18)19-16(20)21-17(3,4)5/h6-9,12,15H,10-11,18H2,1-5H3,(H,19,20). The van der Waals surface area contributed by atoms with Crippen LogP contribution in [0.3, 0.4) is 0 Å². The third kappa shape index (κ3) is 6.63. The third-order valence-electron chi connectivity index (χ3n) is 2.95. The molecule has 1 unspecified atom stereocenters. The number of nitrogens with one attached hydrogen (secondary N) is 1. The fourth-order valence-corrected chi connectivity index (χ4v) is 2.09. The van der Waals surface area contributed by atoms with E-state index in [1.165, 1.54) is 5.56 Å². The second kappa shape index (κ2) is 7.46. The number of carbonyl (C=O) groups is 1. The molecule has 1 rings (SSSR count). The van der Waals surface area contributed by atoms with Crippen LogP contribution in [0.1, 0.15) is 51.8 Å². The minimum Gasteiger partial charge on any atom is -0.444 e. The van der Waals surface area contributed by atoms with Crippen LogP contribution >= 0.6 is 0 Å². The van der Waals surface area contributed by atoms with Gasteiger partial charge in [0, 0.05) is 6.54 Å². The zero-order valence-electron chi connectivity index (χ0n) is 13.8. The largest absolute Gasteiger partial charge is 0.444 e. The summed E-state index contributed by atoms with van der Waals surface area (Å²) < 4.78 is 5.26. The molecule has 1 aromatic rings. The molecule has 0 bridgehead atoms. The van der Waals surface area contributed by atoms with Gasteiger partial charge >= 0.3 is 6.09 Å². The van der Waals surface area contributed by atoms with E-state index < -0.39 is 11.7 Å². The predicted molar refractivity (Wildman–Crippen MR) is 86.1 cm³/mol. The van der Waals surface area contributed by atoms with Gasteiger partial charge in [-0.1, -0.05) is 38.1 Å². The maximum absolute atomic E-state index is 11.8. The highest BCUT2D eigenvalue weighted by atomic mass is 16.6. The van der Waals surface area contributed by atoms with Crippen LogP contribution in [0.4, 0.5) is 4.79 Å². The number of rotatable bonds is 5. The number of hydrogen-bond acceptors (Lipinski definition) is 3. The first kappa shape index (κ1) is 17.5. The van der Waals surface area contributed by atoms with Gasteiger partial charge in [-0.2, -0.15) is 0 Å². The van der Waals surface area contributed by atoms with Crippen molar-refractivity contribution in [2.45, 2.75) is 52.7 Å². The van der Waals surface area contributed by atoms with Crippen molar-refractivity contribution in [3.8, 4) is 0 Å². The first-order valence-corrected chi connectivity index (χ1v) is 7.49. The van der Waals surface area contributed by atoms with Gasteiger partial charge in [0.05, 0.1) is 6.04 Å². The van der Waals surface area contributed by atoms with Crippen molar-refractivity contribution >= 4 is 6.09 Å². The molecule has 0 fully saturated rings. The lowest BCUT2D eigenvalue weighted by Gasteiger charge is -2.23. The maximum atomic E-state index is 11.8. The normalized spacial score (nSPS) is 13.1. The Bertz CT molecular complexity index is 447. The van der Waals surface area contributed by atoms with E-state index in [4.69, 9.17) is 10.5 Å². The molecule has 0 aliphatic rings. The van der Waals surface area contributed by atoms with Crippen LogP contribution in [0.2, 0.25) is 0 Å². The van der Waals surface area contributed by atoms with Crippen LogP contribution in [0.15, 0.2) is 24.3 Å². The molecule has 0 spiro atoms. The van der Waals surface area contributed by atoms with Gasteiger partial charge in [0.2, 0.25) is 0 Å². The highest BCUT2D eigenvalue weighted by molar-refractivity contribution is 5.68. The second-order valence-electron chi connectivity index (χ2n) is 6.77. The van der Waals surface area contributed by atoms with E-state index in [1.807, 2.05) is 32.9 Å². The van der Waals surface area contributed by atoms with E-state index >= 15 is 0 Å². The van der Waals surface area contributed by atoms with Crippen molar-refractivity contribution < 1.29 is 9.53 Å². The zero-order chi connectivity index (χ0) is 16.0. The molecule has 0 aromatic heterocycles. The third-order valence-corrected chi connectivity index (χ3v) is 2.95. The summed E-state index contributed by atoms with van der Waals surface area (Å²) in [5, 5.41) is 2.81. The second-order valence-corrected chi connectivity index (χ2v) is 6.77. The SMILES string of the molecule is CC(C)Cc1ccc(C(CN)NC(=O)OC(C)(C)C)cc1. The molecule has 0 radical (unpaired) electrons. The van der Waals surface area contributed by atoms with Gasteiger partial charge in [-0.25, -0.2) is 4.79 Å². The number of hydrogen-bond donors (Lipinski definition) is 2. The Morgan fingerprint density at radius 2 is 1.81 bits per heavy atom. The molecule has 3 N–H and O–H groups in total. The fraction of sp³-hybridized carbons (Fsp3) is 0.588. The maximum Gasteiger partial charge on any atom is 0.408 e. The van der Waals surface area contributed by atoms with E-state index in [0.717, 1.165) is 12.0 Å². The number of ether oxygens (including phenoxy) is 1. The number of benzene rings is 1. The van der Waals surface area contributed by atoms with Gasteiger partial charge in [-0.3, -0.25) is 0 Å². The van der Waals surface area contributed by atoms with Gasteiger partial charge in [-0.15, -0.1) is 0 Å².